The normalized spacial score (nSPS) is 20.9. The maximum absolute atomic E-state index is 14.7. The third-order valence-corrected chi connectivity index (χ3v) is 6.77. The predicted octanol–water partition coefficient (Wildman–Crippen LogP) is 5.60. The fourth-order valence-electron chi connectivity index (χ4n) is 4.59. The predicted molar refractivity (Wildman–Crippen MR) is 130 cm³/mol. The number of carbonyl (C=O) groups is 1. The summed E-state index contributed by atoms with van der Waals surface area (Å²) in [5.74, 6) is -0.495. The molecular formula is C24H26Cl2FN5O2. The highest BCUT2D eigenvalue weighted by Crippen LogP contribution is 2.39. The van der Waals surface area contributed by atoms with Crippen molar-refractivity contribution in [2.24, 2.45) is 5.41 Å². The Morgan fingerprint density at radius 3 is 2.62 bits per heavy atom. The molecule has 1 saturated heterocycles. The summed E-state index contributed by atoms with van der Waals surface area (Å²) >= 11 is 12.3. The van der Waals surface area contributed by atoms with E-state index in [0.29, 0.717) is 47.6 Å². The summed E-state index contributed by atoms with van der Waals surface area (Å²) in [7, 11) is 0. The maximum atomic E-state index is 14.7. The Morgan fingerprint density at radius 1 is 1.26 bits per heavy atom. The van der Waals surface area contributed by atoms with Crippen molar-refractivity contribution in [3.05, 3.63) is 69.2 Å². The van der Waals surface area contributed by atoms with Crippen molar-refractivity contribution in [2.45, 2.75) is 45.7 Å². The topological polar surface area (TPSA) is 94.1 Å². The van der Waals surface area contributed by atoms with Gasteiger partial charge in [0, 0.05) is 40.8 Å². The van der Waals surface area contributed by atoms with E-state index in [0.717, 1.165) is 11.3 Å². The van der Waals surface area contributed by atoms with Crippen molar-refractivity contribution in [2.75, 3.05) is 11.9 Å². The van der Waals surface area contributed by atoms with Crippen molar-refractivity contribution in [3.63, 3.8) is 0 Å². The first-order chi connectivity index (χ1) is 16.1. The quantitative estimate of drug-likeness (QED) is 0.386. The van der Waals surface area contributed by atoms with Gasteiger partial charge < -0.3 is 10.4 Å². The molecule has 0 bridgehead atoms. The minimum Gasteiger partial charge on any atom is -0.481 e. The van der Waals surface area contributed by atoms with Crippen LogP contribution in [0.1, 0.15) is 36.7 Å². The molecule has 10 heteroatoms. The molecule has 2 aromatic heterocycles. The Balaban J connectivity index is 1.51. The van der Waals surface area contributed by atoms with Crippen LogP contribution in [0.25, 0.3) is 0 Å². The van der Waals surface area contributed by atoms with Gasteiger partial charge in [0.15, 0.2) is 5.82 Å². The second-order valence-corrected chi connectivity index (χ2v) is 9.87. The number of hydrogen-bond acceptors (Lipinski definition) is 5. The van der Waals surface area contributed by atoms with Gasteiger partial charge in [-0.2, -0.15) is 5.10 Å². The van der Waals surface area contributed by atoms with Crippen LogP contribution in [-0.2, 0) is 17.8 Å². The molecule has 2 atom stereocenters. The van der Waals surface area contributed by atoms with E-state index in [-0.39, 0.29) is 18.2 Å². The van der Waals surface area contributed by atoms with Crippen LogP contribution >= 0.6 is 23.2 Å². The Labute approximate surface area is 207 Å². The summed E-state index contributed by atoms with van der Waals surface area (Å²) in [6, 6.07) is 9.97. The molecule has 7 nitrogen and oxygen atoms in total. The minimum atomic E-state index is -1.11. The second kappa shape index (κ2) is 9.90. The number of benzene rings is 1. The lowest BCUT2D eigenvalue weighted by atomic mass is 9.72. The van der Waals surface area contributed by atoms with Gasteiger partial charge in [0.25, 0.3) is 0 Å². The standard InChI is InChI=1S/C24H26Cl2FN5O2/c1-14-7-22(31-30-14)29-21-4-3-19(27)20(28-21)12-24(23(33)34)5-6-32(15(2)11-24)13-16-8-17(25)10-18(26)9-16/h3-4,7-10,15H,5-6,11-13H2,1-2H3,(H,33,34)(H2,28,29,30,31)/t15-,24-/m1/s1. The van der Waals surface area contributed by atoms with Crippen molar-refractivity contribution < 1.29 is 14.3 Å². The zero-order chi connectivity index (χ0) is 24.5. The number of nitrogens with one attached hydrogen (secondary N) is 2. The molecule has 1 aliphatic heterocycles. The highest BCUT2D eigenvalue weighted by atomic mass is 35.5. The molecular weight excluding hydrogens is 480 g/mol. The van der Waals surface area contributed by atoms with E-state index in [4.69, 9.17) is 23.2 Å². The van der Waals surface area contributed by atoms with Gasteiger partial charge in [-0.25, -0.2) is 9.37 Å². The van der Waals surface area contributed by atoms with E-state index in [1.165, 1.54) is 12.1 Å². The van der Waals surface area contributed by atoms with Crippen molar-refractivity contribution in [1.29, 1.82) is 0 Å². The number of halogens is 3. The number of nitrogens with zero attached hydrogens (tertiary/aromatic N) is 3. The lowest BCUT2D eigenvalue weighted by molar-refractivity contribution is -0.153. The van der Waals surface area contributed by atoms with E-state index in [1.54, 1.807) is 12.1 Å². The Bertz CT molecular complexity index is 1180. The van der Waals surface area contributed by atoms with Crippen LogP contribution in [0, 0.1) is 18.2 Å². The molecule has 0 amide bonds. The van der Waals surface area contributed by atoms with E-state index < -0.39 is 17.2 Å². The smallest absolute Gasteiger partial charge is 0.310 e. The van der Waals surface area contributed by atoms with Gasteiger partial charge in [-0.15, -0.1) is 0 Å². The molecule has 1 aromatic carbocycles. The van der Waals surface area contributed by atoms with Gasteiger partial charge >= 0.3 is 5.97 Å². The number of rotatable bonds is 7. The highest BCUT2D eigenvalue weighted by Gasteiger charge is 2.45. The van der Waals surface area contributed by atoms with Gasteiger partial charge in [0.1, 0.15) is 11.6 Å². The zero-order valence-corrected chi connectivity index (χ0v) is 20.4. The maximum Gasteiger partial charge on any atom is 0.310 e. The molecule has 1 aliphatic rings. The Kier molecular flexibility index (Phi) is 7.12. The molecule has 0 spiro atoms. The first-order valence-corrected chi connectivity index (χ1v) is 11.8. The van der Waals surface area contributed by atoms with Crippen molar-refractivity contribution >= 4 is 40.8 Å². The zero-order valence-electron chi connectivity index (χ0n) is 18.9. The summed E-state index contributed by atoms with van der Waals surface area (Å²) in [4.78, 5) is 19.0. The van der Waals surface area contributed by atoms with Crippen LogP contribution in [0.15, 0.2) is 36.4 Å². The van der Waals surface area contributed by atoms with E-state index in [1.807, 2.05) is 26.0 Å². The molecule has 3 N–H and O–H groups in total. The van der Waals surface area contributed by atoms with Crippen LogP contribution in [0.5, 0.6) is 0 Å². The molecule has 3 aromatic rings. The minimum absolute atomic E-state index is 0.00442. The first kappa shape index (κ1) is 24.4. The Morgan fingerprint density at radius 2 is 2.00 bits per heavy atom. The summed E-state index contributed by atoms with van der Waals surface area (Å²) < 4.78 is 14.7. The lowest BCUT2D eigenvalue weighted by Crippen LogP contribution is -2.49. The number of likely N-dealkylation sites (tertiary alicyclic amines) is 1. The largest absolute Gasteiger partial charge is 0.481 e. The number of carboxylic acids is 1. The number of aryl methyl sites for hydroxylation is 1. The average molecular weight is 506 g/mol. The molecule has 0 aliphatic carbocycles. The number of aliphatic carboxylic acids is 1. The fourth-order valence-corrected chi connectivity index (χ4v) is 5.16. The SMILES string of the molecule is Cc1cc(Nc2ccc(F)c(C[C@@]3(C(=O)O)CCN(Cc4cc(Cl)cc(Cl)c4)[C@H](C)C3)n2)n[nH]1. The molecule has 34 heavy (non-hydrogen) atoms. The lowest BCUT2D eigenvalue weighted by Gasteiger charge is -2.43. The molecule has 3 heterocycles. The second-order valence-electron chi connectivity index (χ2n) is 9.00. The summed E-state index contributed by atoms with van der Waals surface area (Å²) in [6.07, 6.45) is 0.747. The summed E-state index contributed by atoms with van der Waals surface area (Å²) in [5.41, 5.74) is 0.849. The number of anilines is 2. The summed E-state index contributed by atoms with van der Waals surface area (Å²) in [5, 5.41) is 21.3. The third kappa shape index (κ3) is 5.51. The van der Waals surface area contributed by atoms with Gasteiger partial charge in [-0.1, -0.05) is 23.2 Å². The van der Waals surface area contributed by atoms with Crippen LogP contribution < -0.4 is 5.32 Å². The van der Waals surface area contributed by atoms with Crippen LogP contribution in [0.2, 0.25) is 10.0 Å². The number of aromatic amines is 1. The first-order valence-electron chi connectivity index (χ1n) is 11.0. The number of hydrogen-bond donors (Lipinski definition) is 3. The number of carboxylic acid groups (broad SMARTS) is 1. The Hall–Kier alpha value is -2.68. The molecule has 0 unspecified atom stereocenters. The van der Waals surface area contributed by atoms with E-state index in [9.17, 15) is 14.3 Å². The van der Waals surface area contributed by atoms with Gasteiger partial charge in [0.2, 0.25) is 0 Å². The van der Waals surface area contributed by atoms with Crippen LogP contribution in [0.4, 0.5) is 16.0 Å². The monoisotopic (exact) mass is 505 g/mol. The highest BCUT2D eigenvalue weighted by molar-refractivity contribution is 6.34. The van der Waals surface area contributed by atoms with Gasteiger partial charge in [-0.05, 0) is 69.1 Å². The third-order valence-electron chi connectivity index (χ3n) is 6.34. The van der Waals surface area contributed by atoms with Gasteiger partial charge in [0.05, 0.1) is 11.1 Å². The number of H-pyrrole nitrogens is 1. The molecule has 0 radical (unpaired) electrons. The molecule has 1 fully saturated rings. The number of pyridine rings is 1. The molecule has 4 rings (SSSR count). The van der Waals surface area contributed by atoms with Gasteiger partial charge in [-0.3, -0.25) is 14.8 Å². The van der Waals surface area contributed by atoms with E-state index in [2.05, 4.69) is 25.4 Å². The van der Waals surface area contributed by atoms with Crippen LogP contribution in [-0.4, -0.2) is 43.7 Å². The molecule has 0 saturated carbocycles. The van der Waals surface area contributed by atoms with E-state index >= 15 is 0 Å². The summed E-state index contributed by atoms with van der Waals surface area (Å²) in [6.45, 7) is 5.01. The molecule has 180 valence electrons. The number of aromatic nitrogens is 3. The van der Waals surface area contributed by atoms with Crippen molar-refractivity contribution in [1.82, 2.24) is 20.1 Å². The fraction of sp³-hybridized carbons (Fsp3) is 0.375. The van der Waals surface area contributed by atoms with Crippen LogP contribution in [0.3, 0.4) is 0 Å². The van der Waals surface area contributed by atoms with Crippen molar-refractivity contribution in [3.8, 4) is 0 Å². The average Bonchev–Trinajstić information content (AvgIpc) is 3.16. The number of piperidine rings is 1.